The highest BCUT2D eigenvalue weighted by molar-refractivity contribution is 7.92. The van der Waals surface area contributed by atoms with Crippen molar-refractivity contribution in [1.82, 2.24) is 5.32 Å². The summed E-state index contributed by atoms with van der Waals surface area (Å²) in [6.45, 7) is 0.646. The van der Waals surface area contributed by atoms with Gasteiger partial charge in [-0.15, -0.1) is 0 Å². The third-order valence-electron chi connectivity index (χ3n) is 5.43. The molecule has 32 heavy (non-hydrogen) atoms. The van der Waals surface area contributed by atoms with Crippen LogP contribution in [0.5, 0.6) is 11.5 Å². The number of ether oxygens (including phenoxy) is 2. The van der Waals surface area contributed by atoms with Crippen molar-refractivity contribution in [2.45, 2.75) is 17.9 Å². The number of carbonyl (C=O) groups is 1. The van der Waals surface area contributed by atoms with Crippen LogP contribution in [0.15, 0.2) is 71.6 Å². The van der Waals surface area contributed by atoms with Crippen LogP contribution in [0, 0.1) is 0 Å². The van der Waals surface area contributed by atoms with Crippen LogP contribution in [-0.4, -0.2) is 35.1 Å². The number of methoxy groups -OCH3 is 2. The lowest BCUT2D eigenvalue weighted by molar-refractivity contribution is 0.0950. The predicted molar refractivity (Wildman–Crippen MR) is 122 cm³/mol. The van der Waals surface area contributed by atoms with Crippen LogP contribution in [0.25, 0.3) is 0 Å². The van der Waals surface area contributed by atoms with Crippen LogP contribution >= 0.6 is 0 Å². The zero-order valence-corrected chi connectivity index (χ0v) is 18.7. The minimum atomic E-state index is -3.77. The van der Waals surface area contributed by atoms with E-state index in [1.807, 2.05) is 24.3 Å². The average Bonchev–Trinajstić information content (AvgIpc) is 3.27. The van der Waals surface area contributed by atoms with Gasteiger partial charge in [-0.2, -0.15) is 0 Å². The molecule has 0 saturated carbocycles. The van der Waals surface area contributed by atoms with Gasteiger partial charge in [0.25, 0.3) is 15.9 Å². The molecule has 0 fully saturated rings. The fourth-order valence-electron chi connectivity index (χ4n) is 3.76. The van der Waals surface area contributed by atoms with Crippen molar-refractivity contribution >= 4 is 21.6 Å². The summed E-state index contributed by atoms with van der Waals surface area (Å²) in [4.78, 5) is 12.8. The van der Waals surface area contributed by atoms with E-state index in [0.29, 0.717) is 30.2 Å². The van der Waals surface area contributed by atoms with Crippen LogP contribution in [0.1, 0.15) is 21.5 Å². The number of hydrogen-bond donors (Lipinski definition) is 1. The van der Waals surface area contributed by atoms with E-state index in [2.05, 4.69) is 5.32 Å². The first-order chi connectivity index (χ1) is 15.4. The summed E-state index contributed by atoms with van der Waals surface area (Å²) in [5.74, 6) is 0.806. The predicted octanol–water partition coefficient (Wildman–Crippen LogP) is 3.39. The fourth-order valence-corrected chi connectivity index (χ4v) is 5.31. The maximum absolute atomic E-state index is 13.3. The van der Waals surface area contributed by atoms with E-state index >= 15 is 0 Å². The molecule has 7 nitrogen and oxygen atoms in total. The Bertz CT molecular complexity index is 1260. The minimum absolute atomic E-state index is 0.0907. The quantitative estimate of drug-likeness (QED) is 0.594. The van der Waals surface area contributed by atoms with Crippen molar-refractivity contribution in [3.05, 3.63) is 83.4 Å². The zero-order valence-electron chi connectivity index (χ0n) is 17.9. The molecule has 1 aliphatic rings. The maximum Gasteiger partial charge on any atom is 0.264 e. The van der Waals surface area contributed by atoms with Gasteiger partial charge >= 0.3 is 0 Å². The third-order valence-corrected chi connectivity index (χ3v) is 7.24. The van der Waals surface area contributed by atoms with Gasteiger partial charge in [0.05, 0.1) is 24.8 Å². The van der Waals surface area contributed by atoms with Crippen molar-refractivity contribution in [1.29, 1.82) is 0 Å². The second-order valence-corrected chi connectivity index (χ2v) is 9.22. The number of rotatable bonds is 7. The zero-order chi connectivity index (χ0) is 22.7. The summed E-state index contributed by atoms with van der Waals surface area (Å²) in [5.41, 5.74) is 2.79. The molecule has 1 heterocycles. The molecule has 0 unspecified atom stereocenters. The molecule has 0 aromatic heterocycles. The first kappa shape index (κ1) is 21.7. The number of anilines is 1. The monoisotopic (exact) mass is 452 g/mol. The largest absolute Gasteiger partial charge is 0.493 e. The van der Waals surface area contributed by atoms with Crippen molar-refractivity contribution < 1.29 is 22.7 Å². The molecule has 1 aliphatic heterocycles. The number of hydrogen-bond acceptors (Lipinski definition) is 5. The Labute approximate surface area is 187 Å². The molecule has 4 rings (SSSR count). The van der Waals surface area contributed by atoms with Crippen molar-refractivity contribution in [3.63, 3.8) is 0 Å². The van der Waals surface area contributed by atoms with Crippen LogP contribution < -0.4 is 19.1 Å². The van der Waals surface area contributed by atoms with Gasteiger partial charge in [-0.1, -0.05) is 30.3 Å². The highest BCUT2D eigenvalue weighted by Gasteiger charge is 2.30. The Morgan fingerprint density at radius 2 is 1.75 bits per heavy atom. The van der Waals surface area contributed by atoms with Crippen molar-refractivity contribution in [3.8, 4) is 11.5 Å². The maximum atomic E-state index is 13.3. The van der Waals surface area contributed by atoms with Crippen LogP contribution in [0.3, 0.4) is 0 Å². The third kappa shape index (κ3) is 4.13. The van der Waals surface area contributed by atoms with E-state index in [0.717, 1.165) is 11.1 Å². The topological polar surface area (TPSA) is 84.9 Å². The number of amides is 1. The minimum Gasteiger partial charge on any atom is -0.493 e. The van der Waals surface area contributed by atoms with Crippen LogP contribution in [-0.2, 0) is 23.0 Å². The molecule has 0 aliphatic carbocycles. The standard InChI is InChI=1S/C24H24N2O5S/c1-30-22-11-10-17(14-23(22)31-2)16-25-24(27)19-7-5-8-20(15-19)32(28,29)26-13-12-18-6-3-4-9-21(18)26/h3-11,14-15H,12-13,16H2,1-2H3,(H,25,27). The van der Waals surface area contributed by atoms with E-state index in [9.17, 15) is 13.2 Å². The van der Waals surface area contributed by atoms with E-state index in [-0.39, 0.29) is 22.9 Å². The van der Waals surface area contributed by atoms with Crippen molar-refractivity contribution in [2.24, 2.45) is 0 Å². The highest BCUT2D eigenvalue weighted by atomic mass is 32.2. The van der Waals surface area contributed by atoms with E-state index in [4.69, 9.17) is 9.47 Å². The highest BCUT2D eigenvalue weighted by Crippen LogP contribution is 2.33. The van der Waals surface area contributed by atoms with Gasteiger partial charge < -0.3 is 14.8 Å². The van der Waals surface area contributed by atoms with Gasteiger partial charge in [0.1, 0.15) is 0 Å². The molecule has 166 valence electrons. The van der Waals surface area contributed by atoms with Gasteiger partial charge in [-0.25, -0.2) is 8.42 Å². The molecule has 1 N–H and O–H groups in total. The molecule has 0 saturated heterocycles. The summed E-state index contributed by atoms with van der Waals surface area (Å²) < 4.78 is 38.4. The molecule has 8 heteroatoms. The number of fused-ring (bicyclic) bond motifs is 1. The number of para-hydroxylation sites is 1. The molecule has 0 atom stereocenters. The van der Waals surface area contributed by atoms with Gasteiger partial charge in [0, 0.05) is 18.7 Å². The Kier molecular flexibility index (Phi) is 6.05. The Morgan fingerprint density at radius 3 is 2.53 bits per heavy atom. The Hall–Kier alpha value is -3.52. The molecular formula is C24H24N2O5S. The van der Waals surface area contributed by atoms with Gasteiger partial charge in [0.15, 0.2) is 11.5 Å². The first-order valence-corrected chi connectivity index (χ1v) is 11.6. The molecule has 1 amide bonds. The normalized spacial score (nSPS) is 12.9. The molecule has 0 bridgehead atoms. The summed E-state index contributed by atoms with van der Waals surface area (Å²) in [7, 11) is -0.666. The summed E-state index contributed by atoms with van der Waals surface area (Å²) in [5, 5.41) is 2.82. The summed E-state index contributed by atoms with van der Waals surface area (Å²) in [6, 6.07) is 19.0. The molecule has 3 aromatic rings. The Morgan fingerprint density at radius 1 is 0.969 bits per heavy atom. The van der Waals surface area contributed by atoms with E-state index < -0.39 is 10.0 Å². The smallest absolute Gasteiger partial charge is 0.264 e. The summed E-state index contributed by atoms with van der Waals surface area (Å²) in [6.07, 6.45) is 0.668. The van der Waals surface area contributed by atoms with Crippen LogP contribution in [0.2, 0.25) is 0 Å². The second kappa shape index (κ2) is 8.92. The number of nitrogens with zero attached hydrogens (tertiary/aromatic N) is 1. The average molecular weight is 453 g/mol. The first-order valence-electron chi connectivity index (χ1n) is 10.1. The molecule has 3 aromatic carbocycles. The summed E-state index contributed by atoms with van der Waals surface area (Å²) >= 11 is 0. The molecule has 0 radical (unpaired) electrons. The van der Waals surface area contributed by atoms with Gasteiger partial charge in [-0.3, -0.25) is 9.10 Å². The number of nitrogens with one attached hydrogen (secondary N) is 1. The van der Waals surface area contributed by atoms with Crippen molar-refractivity contribution in [2.75, 3.05) is 25.1 Å². The molecule has 0 spiro atoms. The second-order valence-electron chi connectivity index (χ2n) is 7.36. The number of carbonyl (C=O) groups excluding carboxylic acids is 1. The lowest BCUT2D eigenvalue weighted by Crippen LogP contribution is -2.29. The van der Waals surface area contributed by atoms with E-state index in [1.165, 1.54) is 16.4 Å². The van der Waals surface area contributed by atoms with E-state index in [1.54, 1.807) is 44.6 Å². The number of benzene rings is 3. The van der Waals surface area contributed by atoms with Crippen LogP contribution in [0.4, 0.5) is 5.69 Å². The van der Waals surface area contributed by atoms with Gasteiger partial charge in [-0.05, 0) is 53.9 Å². The lowest BCUT2D eigenvalue weighted by Gasteiger charge is -2.20. The molecular weight excluding hydrogens is 428 g/mol. The fraction of sp³-hybridized carbons (Fsp3) is 0.208. The van der Waals surface area contributed by atoms with Gasteiger partial charge in [0.2, 0.25) is 0 Å². The lowest BCUT2D eigenvalue weighted by atomic mass is 10.1. The number of sulfonamides is 1. The SMILES string of the molecule is COc1ccc(CNC(=O)c2cccc(S(=O)(=O)N3CCc4ccccc43)c2)cc1OC. The Balaban J connectivity index is 1.51.